The van der Waals surface area contributed by atoms with Crippen LogP contribution in [0.25, 0.3) is 97.4 Å². The molecule has 312 valence electrons. The predicted octanol–water partition coefficient (Wildman–Crippen LogP) is 16.1. The quantitative estimate of drug-likeness (QED) is 0.122. The fourth-order valence-electron chi connectivity index (χ4n) is 9.41. The van der Waals surface area contributed by atoms with Gasteiger partial charge in [0.25, 0.3) is 0 Å². The first kappa shape index (κ1) is 39.2. The van der Waals surface area contributed by atoms with E-state index in [1.54, 1.807) is 0 Å². The molecule has 12 aromatic rings. The van der Waals surface area contributed by atoms with E-state index in [4.69, 9.17) is 20.1 Å². The number of nitrogens with two attached hydrogens (primary N) is 1. The molecule has 2 aromatic heterocycles. The Morgan fingerprint density at radius 2 is 1.02 bits per heavy atom. The summed E-state index contributed by atoms with van der Waals surface area (Å²) in [4.78, 5) is 10.2. The van der Waals surface area contributed by atoms with E-state index in [2.05, 4.69) is 200 Å². The minimum absolute atomic E-state index is 0.400. The predicted molar refractivity (Wildman–Crippen MR) is 280 cm³/mol. The molecule has 0 saturated carbocycles. The topological polar surface area (TPSA) is 63.9 Å². The third kappa shape index (κ3) is 7.12. The van der Waals surface area contributed by atoms with Crippen molar-refractivity contribution in [1.82, 2.24) is 0 Å². The van der Waals surface area contributed by atoms with Crippen LogP contribution in [0.2, 0.25) is 0 Å². The van der Waals surface area contributed by atoms with Gasteiger partial charge in [0.2, 0.25) is 0 Å². The van der Waals surface area contributed by atoms with Crippen LogP contribution >= 0.6 is 11.3 Å². The van der Waals surface area contributed by atoms with Crippen LogP contribution in [0.4, 0.5) is 0 Å². The molecule has 0 amide bonds. The number of thiophene rings is 1. The fourth-order valence-corrected chi connectivity index (χ4v) is 10.5. The van der Waals surface area contributed by atoms with Gasteiger partial charge in [0, 0.05) is 42.1 Å². The molecule has 5 heteroatoms. The van der Waals surface area contributed by atoms with Crippen molar-refractivity contribution in [1.29, 1.82) is 0 Å². The molecule has 0 unspecified atom stereocenters. The highest BCUT2D eigenvalue weighted by atomic mass is 32.1. The van der Waals surface area contributed by atoms with E-state index in [1.165, 1.54) is 36.9 Å². The van der Waals surface area contributed by atoms with Gasteiger partial charge >= 0.3 is 0 Å². The monoisotopic (exact) mass is 863 g/mol. The lowest BCUT2D eigenvalue weighted by molar-refractivity contribution is 0.669. The number of fused-ring (bicyclic) bond motifs is 7. The molecule has 0 radical (unpaired) electrons. The Kier molecular flexibility index (Phi) is 9.89. The van der Waals surface area contributed by atoms with Crippen molar-refractivity contribution in [2.45, 2.75) is 6.54 Å². The number of hydrogen-bond acceptors (Lipinski definition) is 3. The molecule has 2 heterocycles. The van der Waals surface area contributed by atoms with Crippen molar-refractivity contribution in [3.05, 3.63) is 241 Å². The summed E-state index contributed by atoms with van der Waals surface area (Å²) in [6, 6.07) is 78.9. The minimum atomic E-state index is 0.400. The number of aliphatic imine (C=N–C) groups is 2. The summed E-state index contributed by atoms with van der Waals surface area (Å²) in [5, 5.41) is 6.83. The van der Waals surface area contributed by atoms with E-state index in [0.717, 1.165) is 77.2 Å². The molecule has 0 aliphatic heterocycles. The van der Waals surface area contributed by atoms with Crippen LogP contribution in [0.15, 0.2) is 239 Å². The number of nitrogens with zero attached hydrogens (tertiary/aromatic N) is 2. The van der Waals surface area contributed by atoms with Gasteiger partial charge in [-0.05, 0) is 91.2 Å². The zero-order valence-electron chi connectivity index (χ0n) is 35.9. The van der Waals surface area contributed by atoms with Gasteiger partial charge in [-0.1, -0.05) is 194 Å². The average molecular weight is 864 g/mol. The van der Waals surface area contributed by atoms with Crippen LogP contribution < -0.4 is 5.73 Å². The van der Waals surface area contributed by atoms with E-state index in [1.807, 2.05) is 35.6 Å². The van der Waals surface area contributed by atoms with E-state index in [9.17, 15) is 0 Å². The molecule has 0 saturated heterocycles. The van der Waals surface area contributed by atoms with Crippen molar-refractivity contribution < 1.29 is 4.42 Å². The van der Waals surface area contributed by atoms with Gasteiger partial charge in [-0.2, -0.15) is 0 Å². The van der Waals surface area contributed by atoms with Crippen molar-refractivity contribution >= 4 is 75.9 Å². The van der Waals surface area contributed by atoms with Gasteiger partial charge in [-0.15, -0.1) is 11.3 Å². The first-order chi connectivity index (χ1) is 32.6. The normalized spacial score (nSPS) is 12.2. The number of furan rings is 1. The largest absolute Gasteiger partial charge is 0.456 e. The molecular weight excluding hydrogens is 823 g/mol. The van der Waals surface area contributed by atoms with Gasteiger partial charge in [-0.25, -0.2) is 4.99 Å². The van der Waals surface area contributed by atoms with Crippen LogP contribution in [0.1, 0.15) is 16.7 Å². The van der Waals surface area contributed by atoms with Crippen LogP contribution in [0.5, 0.6) is 0 Å². The van der Waals surface area contributed by atoms with E-state index in [0.29, 0.717) is 18.2 Å². The SMILES string of the molecule is NC(=NC(=NCc1ccccc1)c1ccc(-c2ccc(-c3ccccc3)cc2)cc1)c1cccc2c(-c3cccc4oc5ccc(-c6cccc7sc8ccccc8c67)cc5c34)cccc12. The Morgan fingerprint density at radius 1 is 0.424 bits per heavy atom. The van der Waals surface area contributed by atoms with E-state index >= 15 is 0 Å². The second-order valence-electron chi connectivity index (χ2n) is 16.6. The van der Waals surface area contributed by atoms with Crippen LogP contribution in [-0.2, 0) is 6.54 Å². The first-order valence-electron chi connectivity index (χ1n) is 22.2. The highest BCUT2D eigenvalue weighted by Gasteiger charge is 2.18. The lowest BCUT2D eigenvalue weighted by Crippen LogP contribution is -2.17. The Morgan fingerprint density at radius 3 is 1.82 bits per heavy atom. The van der Waals surface area contributed by atoms with Crippen molar-refractivity contribution in [3.8, 4) is 44.5 Å². The Labute approximate surface area is 386 Å². The van der Waals surface area contributed by atoms with Gasteiger partial charge in [0.1, 0.15) is 17.0 Å². The zero-order chi connectivity index (χ0) is 44.0. The molecule has 0 fully saturated rings. The van der Waals surface area contributed by atoms with Crippen molar-refractivity contribution in [2.75, 3.05) is 0 Å². The summed E-state index contributed by atoms with van der Waals surface area (Å²) in [5.74, 6) is 0.976. The standard InChI is InChI=1S/C61H41N3OS/c62-60(64-61(63-38-39-13-3-1-4-14-39)44-33-31-43(32-34-44)42-29-27-41(28-30-42)40-15-5-2-6-16-40)51-23-10-19-47-48(20-9-21-49(47)51)50-22-11-24-55-58(50)53-37-45(35-36-54(53)65-55)46-18-12-26-57-59(46)52-17-7-8-25-56(52)66-57/h1-37H,38H2,(H2,62,63,64). The van der Waals surface area contributed by atoms with E-state index < -0.39 is 0 Å². The van der Waals surface area contributed by atoms with Crippen LogP contribution in [-0.4, -0.2) is 11.7 Å². The van der Waals surface area contributed by atoms with Crippen molar-refractivity contribution in [2.24, 2.45) is 15.7 Å². The van der Waals surface area contributed by atoms with Gasteiger partial charge < -0.3 is 10.2 Å². The number of hydrogen-bond donors (Lipinski definition) is 1. The van der Waals surface area contributed by atoms with E-state index in [-0.39, 0.29) is 0 Å². The Hall–Kier alpha value is -8.38. The maximum Gasteiger partial charge on any atom is 0.157 e. The highest BCUT2D eigenvalue weighted by Crippen LogP contribution is 2.44. The maximum atomic E-state index is 7.08. The molecule has 66 heavy (non-hydrogen) atoms. The highest BCUT2D eigenvalue weighted by molar-refractivity contribution is 7.25. The van der Waals surface area contributed by atoms with Crippen molar-refractivity contribution in [3.63, 3.8) is 0 Å². The Balaban J connectivity index is 0.928. The second kappa shape index (κ2) is 16.6. The lowest BCUT2D eigenvalue weighted by Gasteiger charge is -2.13. The summed E-state index contributed by atoms with van der Waals surface area (Å²) in [5.41, 5.74) is 20.8. The van der Waals surface area contributed by atoms with Gasteiger partial charge in [-0.3, -0.25) is 4.99 Å². The first-order valence-corrected chi connectivity index (χ1v) is 23.0. The maximum absolute atomic E-state index is 7.08. The number of rotatable bonds is 8. The molecule has 2 N–H and O–H groups in total. The number of amidine groups is 2. The minimum Gasteiger partial charge on any atom is -0.456 e. The zero-order valence-corrected chi connectivity index (χ0v) is 36.7. The van der Waals surface area contributed by atoms with Crippen LogP contribution in [0, 0.1) is 0 Å². The fraction of sp³-hybridized carbons (Fsp3) is 0.0164. The average Bonchev–Trinajstić information content (AvgIpc) is 3.96. The summed E-state index contributed by atoms with van der Waals surface area (Å²) < 4.78 is 9.15. The Bertz CT molecular complexity index is 3830. The molecule has 0 bridgehead atoms. The summed E-state index contributed by atoms with van der Waals surface area (Å²) in [6.45, 7) is 0.471. The smallest absolute Gasteiger partial charge is 0.157 e. The number of benzene rings is 10. The molecule has 0 spiro atoms. The third-order valence-electron chi connectivity index (χ3n) is 12.6. The van der Waals surface area contributed by atoms with Gasteiger partial charge in [0.05, 0.1) is 6.54 Å². The summed E-state index contributed by atoms with van der Waals surface area (Å²) in [7, 11) is 0. The lowest BCUT2D eigenvalue weighted by atomic mass is 9.92. The molecular formula is C61H41N3OS. The van der Waals surface area contributed by atoms with Crippen LogP contribution in [0.3, 0.4) is 0 Å². The third-order valence-corrected chi connectivity index (χ3v) is 13.8. The second-order valence-corrected chi connectivity index (χ2v) is 17.7. The summed E-state index contributed by atoms with van der Waals surface area (Å²) >= 11 is 1.84. The molecule has 0 aliphatic rings. The summed E-state index contributed by atoms with van der Waals surface area (Å²) in [6.07, 6.45) is 0. The molecule has 4 nitrogen and oxygen atoms in total. The molecule has 10 aromatic carbocycles. The molecule has 12 rings (SSSR count). The molecule has 0 atom stereocenters. The van der Waals surface area contributed by atoms with Gasteiger partial charge in [0.15, 0.2) is 5.84 Å². The molecule has 0 aliphatic carbocycles.